The number of hydrogen-bond acceptors (Lipinski definition) is 19. The maximum atomic E-state index is 13.8. The van der Waals surface area contributed by atoms with Gasteiger partial charge in [0.15, 0.2) is 22.3 Å². The average Bonchev–Trinajstić information content (AvgIpc) is 3.79. The number of rotatable bonds is 14. The zero-order chi connectivity index (χ0) is 42.2. The normalized spacial score (nSPS) is 17.5. The summed E-state index contributed by atoms with van der Waals surface area (Å²) in [6.07, 6.45) is 0. The highest BCUT2D eigenvalue weighted by molar-refractivity contribution is 8.01. The summed E-state index contributed by atoms with van der Waals surface area (Å²) >= 11 is 3.22. The van der Waals surface area contributed by atoms with Crippen molar-refractivity contribution in [1.82, 2.24) is 34.8 Å². The minimum absolute atomic E-state index is 0.00718. The molecule has 5 heterocycles. The number of nitrogen functional groups attached to an aromatic ring is 1. The van der Waals surface area contributed by atoms with Crippen LogP contribution >= 0.6 is 34.9 Å². The van der Waals surface area contributed by atoms with Crippen LogP contribution in [0.3, 0.4) is 0 Å². The number of aliphatic carboxylic acids is 2. The molecule has 3 atom stereocenters. The first-order valence-corrected chi connectivity index (χ1v) is 19.3. The maximum Gasteiger partial charge on any atom is 0.375 e. The van der Waals surface area contributed by atoms with Gasteiger partial charge in [-0.3, -0.25) is 24.1 Å². The number of carbonyl (C=O) groups excluding carboxylic acids is 4. The number of ether oxygens (including phenoxy) is 2. The Balaban J connectivity index is 1.24. The van der Waals surface area contributed by atoms with Crippen LogP contribution in [0.2, 0.25) is 0 Å². The van der Waals surface area contributed by atoms with Crippen LogP contribution in [0.4, 0.5) is 5.13 Å². The maximum absolute atomic E-state index is 13.8. The van der Waals surface area contributed by atoms with E-state index in [1.807, 2.05) is 0 Å². The number of thiazole rings is 1. The van der Waals surface area contributed by atoms with Crippen LogP contribution < -0.4 is 20.5 Å². The number of benzene rings is 1. The average molecular weight is 856 g/mol. The van der Waals surface area contributed by atoms with Gasteiger partial charge in [-0.25, -0.2) is 24.4 Å². The molecule has 4 aromatic rings. The molecule has 0 radical (unpaired) electrons. The summed E-state index contributed by atoms with van der Waals surface area (Å²) in [4.78, 5) is 106. The fraction of sp³-hybridized carbons (Fsp3) is 0.273. The van der Waals surface area contributed by atoms with Crippen molar-refractivity contribution >= 4 is 93.1 Å². The smallest absolute Gasteiger partial charge is 0.375 e. The van der Waals surface area contributed by atoms with E-state index < -0.39 is 70.2 Å². The number of aromatic nitrogens is 5. The second-order valence-corrected chi connectivity index (χ2v) is 15.4. The van der Waals surface area contributed by atoms with Gasteiger partial charge >= 0.3 is 29.8 Å². The molecule has 1 aromatic carbocycles. The number of aromatic carboxylic acids is 1. The number of carboxylic acid groups (broad SMARTS) is 3. The number of carbonyl (C=O) groups is 7. The van der Waals surface area contributed by atoms with Crippen molar-refractivity contribution in [3.05, 3.63) is 63.7 Å². The van der Waals surface area contributed by atoms with Gasteiger partial charge < -0.3 is 40.7 Å². The number of carboxylic acids is 3. The number of thioether (sulfide) groups is 2. The van der Waals surface area contributed by atoms with Gasteiger partial charge in [0.1, 0.15) is 27.8 Å². The van der Waals surface area contributed by atoms with Gasteiger partial charge in [-0.2, -0.15) is 9.50 Å². The van der Waals surface area contributed by atoms with Crippen LogP contribution in [0.15, 0.2) is 51.1 Å². The van der Waals surface area contributed by atoms with Crippen molar-refractivity contribution in [2.75, 3.05) is 17.2 Å². The summed E-state index contributed by atoms with van der Waals surface area (Å²) in [6.45, 7) is 4.93. The molecule has 302 valence electrons. The fourth-order valence-electron chi connectivity index (χ4n) is 5.54. The van der Waals surface area contributed by atoms with Crippen LogP contribution in [-0.2, 0) is 39.2 Å². The minimum atomic E-state index is -2.37. The van der Waals surface area contributed by atoms with Gasteiger partial charge in [-0.1, -0.05) is 11.2 Å². The predicted octanol–water partition coefficient (Wildman–Crippen LogP) is 1.27. The number of anilines is 1. The zero-order valence-corrected chi connectivity index (χ0v) is 32.8. The Hall–Kier alpha value is -6.60. The number of oxime groups is 1. The molecule has 1 unspecified atom stereocenters. The van der Waals surface area contributed by atoms with Crippen LogP contribution in [-0.4, -0.2) is 115 Å². The summed E-state index contributed by atoms with van der Waals surface area (Å²) < 4.78 is 11.4. The summed E-state index contributed by atoms with van der Waals surface area (Å²) in [6, 6.07) is 3.82. The number of nitrogens with one attached hydrogen (secondary N) is 1. The topological polar surface area (TPSA) is 317 Å². The quantitative estimate of drug-likeness (QED) is 0.0227. The van der Waals surface area contributed by atoms with Crippen molar-refractivity contribution in [2.45, 2.75) is 49.7 Å². The fourth-order valence-corrected chi connectivity index (χ4v) is 8.63. The monoisotopic (exact) mass is 855 g/mol. The molecule has 58 heavy (non-hydrogen) atoms. The first-order valence-electron chi connectivity index (χ1n) is 16.4. The Morgan fingerprint density at radius 1 is 1.03 bits per heavy atom. The lowest BCUT2D eigenvalue weighted by Crippen LogP contribution is -2.71. The molecular formula is C33H29N9O13S3. The lowest BCUT2D eigenvalue weighted by atomic mass is 9.95. The number of amides is 2. The highest BCUT2D eigenvalue weighted by atomic mass is 32.2. The van der Waals surface area contributed by atoms with Crippen LogP contribution in [0.5, 0.6) is 11.5 Å². The van der Waals surface area contributed by atoms with Crippen molar-refractivity contribution in [3.63, 3.8) is 0 Å². The number of nitrogens with two attached hydrogens (primary N) is 1. The van der Waals surface area contributed by atoms with Crippen molar-refractivity contribution in [3.8, 4) is 11.5 Å². The summed E-state index contributed by atoms with van der Waals surface area (Å²) in [5.74, 6) is -8.51. The number of β-lactam (4-membered cyclic amide) rings is 1. The SMILES string of the molecule is CC(=O)Oc1ccc(C(C)(O/N=C(\C(=O)N[C@@H]2C(=O)N3C(C(=O)O)=C(CSc4cc(C)nc5nc(C(=O)O)nn45)CS[C@H]23)c2csc(N)n2)C(=O)O)cc1OC(C)=O. The van der Waals surface area contributed by atoms with E-state index in [2.05, 4.69) is 30.5 Å². The molecular weight excluding hydrogens is 827 g/mol. The molecule has 2 aliphatic rings. The van der Waals surface area contributed by atoms with E-state index in [0.29, 0.717) is 16.3 Å². The number of hydrogen-bond donors (Lipinski definition) is 5. The third-order valence-electron chi connectivity index (χ3n) is 8.24. The molecule has 0 aliphatic carbocycles. The Bertz CT molecular complexity index is 2500. The van der Waals surface area contributed by atoms with Gasteiger partial charge in [-0.05, 0) is 37.6 Å². The molecule has 0 spiro atoms. The first kappa shape index (κ1) is 41.0. The largest absolute Gasteiger partial charge is 0.478 e. The predicted molar refractivity (Wildman–Crippen MR) is 201 cm³/mol. The van der Waals surface area contributed by atoms with Crippen LogP contribution in [0, 0.1) is 6.92 Å². The molecule has 2 aliphatic heterocycles. The Morgan fingerprint density at radius 2 is 1.74 bits per heavy atom. The van der Waals surface area contributed by atoms with E-state index in [4.69, 9.17) is 20.0 Å². The molecule has 25 heteroatoms. The van der Waals surface area contributed by atoms with Crippen molar-refractivity contribution in [2.24, 2.45) is 5.16 Å². The molecule has 2 amide bonds. The molecule has 1 saturated heterocycles. The second-order valence-electron chi connectivity index (χ2n) is 12.4. The van der Waals surface area contributed by atoms with Gasteiger partial charge in [0, 0.05) is 42.0 Å². The summed E-state index contributed by atoms with van der Waals surface area (Å²) in [5, 5.41) is 41.1. The second kappa shape index (κ2) is 16.1. The van der Waals surface area contributed by atoms with Gasteiger partial charge in [-0.15, -0.1) is 40.0 Å². The van der Waals surface area contributed by atoms with Crippen molar-refractivity contribution < 1.29 is 63.2 Å². The Labute approximate surface area is 337 Å². The van der Waals surface area contributed by atoms with Crippen molar-refractivity contribution in [1.29, 1.82) is 0 Å². The van der Waals surface area contributed by atoms with E-state index >= 15 is 0 Å². The van der Waals surface area contributed by atoms with E-state index in [9.17, 15) is 48.9 Å². The molecule has 6 rings (SSSR count). The minimum Gasteiger partial charge on any atom is -0.478 e. The molecule has 3 aromatic heterocycles. The molecule has 0 saturated carbocycles. The number of nitrogens with zero attached hydrogens (tertiary/aromatic N) is 7. The number of fused-ring (bicyclic) bond motifs is 2. The highest BCUT2D eigenvalue weighted by Gasteiger charge is 2.54. The Kier molecular flexibility index (Phi) is 11.4. The lowest BCUT2D eigenvalue weighted by molar-refractivity contribution is -0.165. The molecule has 6 N–H and O–H groups in total. The molecule has 0 bridgehead atoms. The van der Waals surface area contributed by atoms with E-state index in [1.54, 1.807) is 13.0 Å². The number of aryl methyl sites for hydroxylation is 1. The third-order valence-corrected chi connectivity index (χ3v) is 11.3. The third kappa shape index (κ3) is 8.12. The Morgan fingerprint density at radius 3 is 2.36 bits per heavy atom. The van der Waals surface area contributed by atoms with E-state index in [-0.39, 0.29) is 50.9 Å². The van der Waals surface area contributed by atoms with Gasteiger partial charge in [0.05, 0.1) is 0 Å². The summed E-state index contributed by atoms with van der Waals surface area (Å²) in [7, 11) is 0. The molecule has 1 fully saturated rings. The first-order chi connectivity index (χ1) is 27.4. The standard InChI is InChI=1S/C33H29N9O13S3/c1-12-7-20(42-32(35-12)38-24(39-42)29(49)50)56-9-15-10-57-27-22(26(46)41(27)23(15)28(47)48)37-25(45)21(17-11-58-31(34)36-17)40-55-33(4,30(51)52)16-5-6-18(53-13(2)43)19(8-16)54-14(3)44/h5-8,11,22,27H,9-10H2,1-4H3,(H2,34,36)(H,37,45)(H,47,48)(H,49,50)(H,51,52)/b40-21-/t22-,27-,33?/m1/s1. The zero-order valence-electron chi connectivity index (χ0n) is 30.3. The van der Waals surface area contributed by atoms with E-state index in [1.165, 1.54) is 33.8 Å². The van der Waals surface area contributed by atoms with E-state index in [0.717, 1.165) is 54.8 Å². The van der Waals surface area contributed by atoms with Gasteiger partial charge in [0.25, 0.3) is 29.0 Å². The van der Waals surface area contributed by atoms with Gasteiger partial charge in [0.2, 0.25) is 0 Å². The molecule has 22 nitrogen and oxygen atoms in total. The lowest BCUT2D eigenvalue weighted by Gasteiger charge is -2.49. The summed E-state index contributed by atoms with van der Waals surface area (Å²) in [5.41, 5.74) is 3.10. The number of esters is 2. The van der Waals surface area contributed by atoms with Crippen LogP contribution in [0.1, 0.15) is 48.3 Å². The van der Waals surface area contributed by atoms with Crippen LogP contribution in [0.25, 0.3) is 5.78 Å². The highest BCUT2D eigenvalue weighted by Crippen LogP contribution is 2.42.